The third-order valence-corrected chi connectivity index (χ3v) is 3.98. The van der Waals surface area contributed by atoms with E-state index < -0.39 is 0 Å². The maximum atomic E-state index is 11.5. The summed E-state index contributed by atoms with van der Waals surface area (Å²) < 4.78 is 4.69. The summed E-state index contributed by atoms with van der Waals surface area (Å²) in [6.07, 6.45) is 8.50. The number of benzene rings is 1. The molecule has 2 rings (SSSR count). The average molecular weight is 283 g/mol. The standard InChI is InChI=1S/C18H21NO2/c1-4-5-12-19-13-6-7-17(19)16-10-8-15(9-11-16)14(2)18(20)21-3/h1,8-11,17H,2,5-7,12-13H2,3H3. The molecule has 1 fully saturated rings. The molecule has 0 aliphatic carbocycles. The van der Waals surface area contributed by atoms with Gasteiger partial charge in [-0.25, -0.2) is 4.79 Å². The van der Waals surface area contributed by atoms with Gasteiger partial charge in [-0.1, -0.05) is 30.8 Å². The van der Waals surface area contributed by atoms with Crippen LogP contribution in [0.4, 0.5) is 0 Å². The predicted molar refractivity (Wildman–Crippen MR) is 84.5 cm³/mol. The lowest BCUT2D eigenvalue weighted by atomic mass is 10.00. The molecule has 1 unspecified atom stereocenters. The molecule has 1 atom stereocenters. The van der Waals surface area contributed by atoms with E-state index in [4.69, 9.17) is 11.2 Å². The van der Waals surface area contributed by atoms with Crippen LogP contribution in [0.5, 0.6) is 0 Å². The number of hydrogen-bond acceptors (Lipinski definition) is 3. The lowest BCUT2D eigenvalue weighted by molar-refractivity contribution is -0.133. The highest BCUT2D eigenvalue weighted by Crippen LogP contribution is 2.32. The summed E-state index contributed by atoms with van der Waals surface area (Å²) in [6.45, 7) is 5.81. The highest BCUT2D eigenvalue weighted by atomic mass is 16.5. The fraction of sp³-hybridized carbons (Fsp3) is 0.389. The Morgan fingerprint density at radius 3 is 2.81 bits per heavy atom. The van der Waals surface area contributed by atoms with Gasteiger partial charge < -0.3 is 4.74 Å². The van der Waals surface area contributed by atoms with E-state index in [1.165, 1.54) is 19.1 Å². The predicted octanol–water partition coefficient (Wildman–Crippen LogP) is 3.03. The number of rotatable bonds is 5. The van der Waals surface area contributed by atoms with Crippen molar-refractivity contribution in [1.29, 1.82) is 0 Å². The van der Waals surface area contributed by atoms with Gasteiger partial charge in [0.2, 0.25) is 0 Å². The molecule has 1 aliphatic heterocycles. The zero-order chi connectivity index (χ0) is 15.2. The summed E-state index contributed by atoms with van der Waals surface area (Å²) in [4.78, 5) is 13.9. The first kappa shape index (κ1) is 15.3. The highest BCUT2D eigenvalue weighted by Gasteiger charge is 2.25. The molecule has 0 bridgehead atoms. The number of ether oxygens (including phenoxy) is 1. The Morgan fingerprint density at radius 1 is 1.48 bits per heavy atom. The first-order chi connectivity index (χ1) is 10.2. The number of nitrogens with zero attached hydrogens (tertiary/aromatic N) is 1. The van der Waals surface area contributed by atoms with Crippen molar-refractivity contribution < 1.29 is 9.53 Å². The summed E-state index contributed by atoms with van der Waals surface area (Å²) in [7, 11) is 1.36. The molecular formula is C18H21NO2. The topological polar surface area (TPSA) is 29.5 Å². The summed E-state index contributed by atoms with van der Waals surface area (Å²) in [5.41, 5.74) is 2.46. The van der Waals surface area contributed by atoms with Gasteiger partial charge in [-0.2, -0.15) is 0 Å². The number of carbonyl (C=O) groups excluding carboxylic acids is 1. The van der Waals surface area contributed by atoms with Crippen LogP contribution in [0.1, 0.15) is 36.4 Å². The maximum absolute atomic E-state index is 11.5. The SMILES string of the molecule is C#CCCN1CCCC1c1ccc(C(=C)C(=O)OC)cc1. The summed E-state index contributed by atoms with van der Waals surface area (Å²) in [5.74, 6) is 2.32. The van der Waals surface area contributed by atoms with Crippen molar-refractivity contribution in [2.24, 2.45) is 0 Å². The highest BCUT2D eigenvalue weighted by molar-refractivity contribution is 6.15. The quantitative estimate of drug-likeness (QED) is 0.472. The van der Waals surface area contributed by atoms with Gasteiger partial charge in [0.15, 0.2) is 0 Å². The molecule has 0 radical (unpaired) electrons. The van der Waals surface area contributed by atoms with Gasteiger partial charge in [-0.3, -0.25) is 4.90 Å². The van der Waals surface area contributed by atoms with Crippen LogP contribution in [-0.2, 0) is 9.53 Å². The minimum atomic E-state index is -0.390. The van der Waals surface area contributed by atoms with Crippen LogP contribution in [0.25, 0.3) is 5.57 Å². The van der Waals surface area contributed by atoms with Crippen LogP contribution in [0, 0.1) is 12.3 Å². The van der Waals surface area contributed by atoms with Gasteiger partial charge in [-0.05, 0) is 30.5 Å². The van der Waals surface area contributed by atoms with Crippen molar-refractivity contribution in [3.8, 4) is 12.3 Å². The van der Waals surface area contributed by atoms with Gasteiger partial charge in [0.05, 0.1) is 12.7 Å². The van der Waals surface area contributed by atoms with Crippen molar-refractivity contribution in [3.05, 3.63) is 42.0 Å². The molecule has 1 aromatic rings. The molecule has 21 heavy (non-hydrogen) atoms. The van der Waals surface area contributed by atoms with Gasteiger partial charge in [0, 0.05) is 19.0 Å². The van der Waals surface area contributed by atoms with Gasteiger partial charge >= 0.3 is 5.97 Å². The molecule has 1 aliphatic rings. The summed E-state index contributed by atoms with van der Waals surface area (Å²) in [5, 5.41) is 0. The van der Waals surface area contributed by atoms with Gasteiger partial charge in [-0.15, -0.1) is 12.3 Å². The van der Waals surface area contributed by atoms with Crippen LogP contribution in [0.2, 0.25) is 0 Å². The molecule has 0 N–H and O–H groups in total. The van der Waals surface area contributed by atoms with Crippen LogP contribution >= 0.6 is 0 Å². The normalized spacial score (nSPS) is 18.2. The van der Waals surface area contributed by atoms with Crippen molar-refractivity contribution in [2.75, 3.05) is 20.2 Å². The summed E-state index contributed by atoms with van der Waals surface area (Å²) >= 11 is 0. The largest absolute Gasteiger partial charge is 0.465 e. The number of carbonyl (C=O) groups is 1. The van der Waals surface area contributed by atoms with E-state index in [-0.39, 0.29) is 5.97 Å². The van der Waals surface area contributed by atoms with Crippen LogP contribution in [-0.4, -0.2) is 31.1 Å². The van der Waals surface area contributed by atoms with Gasteiger partial charge in [0.1, 0.15) is 0 Å². The van der Waals surface area contributed by atoms with E-state index in [0.717, 1.165) is 31.5 Å². The van der Waals surface area contributed by atoms with Crippen molar-refractivity contribution in [1.82, 2.24) is 4.90 Å². The zero-order valence-corrected chi connectivity index (χ0v) is 12.5. The van der Waals surface area contributed by atoms with Crippen molar-refractivity contribution in [3.63, 3.8) is 0 Å². The molecule has 1 saturated heterocycles. The molecule has 1 aromatic carbocycles. The molecule has 3 heteroatoms. The third kappa shape index (κ3) is 3.53. The number of likely N-dealkylation sites (tertiary alicyclic amines) is 1. The molecule has 0 saturated carbocycles. The Hall–Kier alpha value is -2.05. The van der Waals surface area contributed by atoms with Crippen LogP contribution in [0.3, 0.4) is 0 Å². The Labute approximate surface area is 126 Å². The molecule has 1 heterocycles. The lowest BCUT2D eigenvalue weighted by Gasteiger charge is -2.24. The van der Waals surface area contributed by atoms with E-state index in [9.17, 15) is 4.79 Å². The minimum absolute atomic E-state index is 0.389. The van der Waals surface area contributed by atoms with Crippen LogP contribution < -0.4 is 0 Å². The second-order valence-electron chi connectivity index (χ2n) is 5.24. The molecule has 0 amide bonds. The number of terminal acetylenes is 1. The van der Waals surface area contributed by atoms with E-state index in [1.54, 1.807) is 0 Å². The Balaban J connectivity index is 2.10. The van der Waals surface area contributed by atoms with E-state index >= 15 is 0 Å². The van der Waals surface area contributed by atoms with Crippen molar-refractivity contribution >= 4 is 11.5 Å². The molecule has 0 aromatic heterocycles. The van der Waals surface area contributed by atoms with Crippen molar-refractivity contribution in [2.45, 2.75) is 25.3 Å². The number of hydrogen-bond donors (Lipinski definition) is 0. The lowest BCUT2D eigenvalue weighted by Crippen LogP contribution is -2.24. The summed E-state index contributed by atoms with van der Waals surface area (Å²) in [6, 6.07) is 8.45. The first-order valence-corrected chi connectivity index (χ1v) is 7.22. The Kier molecular flexibility index (Phi) is 5.19. The first-order valence-electron chi connectivity index (χ1n) is 7.22. The fourth-order valence-electron chi connectivity index (χ4n) is 2.83. The second kappa shape index (κ2) is 7.10. The molecule has 110 valence electrons. The van der Waals surface area contributed by atoms with Gasteiger partial charge in [0.25, 0.3) is 0 Å². The second-order valence-corrected chi connectivity index (χ2v) is 5.24. The molecular weight excluding hydrogens is 262 g/mol. The minimum Gasteiger partial charge on any atom is -0.465 e. The van der Waals surface area contributed by atoms with Crippen LogP contribution in [0.15, 0.2) is 30.8 Å². The van der Waals surface area contributed by atoms with E-state index in [0.29, 0.717) is 11.6 Å². The zero-order valence-electron chi connectivity index (χ0n) is 12.5. The molecule has 0 spiro atoms. The average Bonchev–Trinajstić information content (AvgIpc) is 3.00. The third-order valence-electron chi connectivity index (χ3n) is 3.98. The number of esters is 1. The van der Waals surface area contributed by atoms with E-state index in [1.807, 2.05) is 12.1 Å². The maximum Gasteiger partial charge on any atom is 0.337 e. The smallest absolute Gasteiger partial charge is 0.337 e. The Morgan fingerprint density at radius 2 is 2.19 bits per heavy atom. The molecule has 3 nitrogen and oxygen atoms in total. The number of methoxy groups -OCH3 is 1. The monoisotopic (exact) mass is 283 g/mol. The van der Waals surface area contributed by atoms with E-state index in [2.05, 4.69) is 29.5 Å². The Bertz CT molecular complexity index is 554. The fourth-order valence-corrected chi connectivity index (χ4v) is 2.83.